The SMILES string of the molecule is CCOC(=O)c1ccn2c(=N)c(C#N)cnc2c1. The lowest BCUT2D eigenvalue weighted by molar-refractivity contribution is 0.0526. The summed E-state index contributed by atoms with van der Waals surface area (Å²) in [7, 11) is 0. The molecule has 6 nitrogen and oxygen atoms in total. The molecule has 0 spiro atoms. The van der Waals surface area contributed by atoms with Crippen LogP contribution in [0.1, 0.15) is 22.8 Å². The zero-order valence-electron chi connectivity index (χ0n) is 9.67. The van der Waals surface area contributed by atoms with E-state index in [1.54, 1.807) is 6.92 Å². The van der Waals surface area contributed by atoms with Crippen LogP contribution in [0.4, 0.5) is 0 Å². The van der Waals surface area contributed by atoms with E-state index in [4.69, 9.17) is 15.4 Å². The number of hydrogen-bond donors (Lipinski definition) is 1. The van der Waals surface area contributed by atoms with Gasteiger partial charge in [-0.1, -0.05) is 0 Å². The van der Waals surface area contributed by atoms with E-state index in [2.05, 4.69) is 4.98 Å². The van der Waals surface area contributed by atoms with Gasteiger partial charge in [0.25, 0.3) is 0 Å². The van der Waals surface area contributed by atoms with Gasteiger partial charge in [0, 0.05) is 6.20 Å². The normalized spacial score (nSPS) is 10.0. The third kappa shape index (κ3) is 1.94. The van der Waals surface area contributed by atoms with E-state index in [9.17, 15) is 4.79 Å². The number of pyridine rings is 1. The van der Waals surface area contributed by atoms with E-state index in [1.807, 2.05) is 6.07 Å². The molecule has 0 saturated carbocycles. The Hall–Kier alpha value is -2.68. The quantitative estimate of drug-likeness (QED) is 0.790. The Labute approximate surface area is 103 Å². The van der Waals surface area contributed by atoms with Crippen LogP contribution in [0.25, 0.3) is 5.65 Å². The van der Waals surface area contributed by atoms with E-state index >= 15 is 0 Å². The second-order valence-corrected chi connectivity index (χ2v) is 3.50. The van der Waals surface area contributed by atoms with E-state index in [1.165, 1.54) is 28.9 Å². The Balaban J connectivity index is 2.59. The first-order valence-electron chi connectivity index (χ1n) is 5.30. The fourth-order valence-corrected chi connectivity index (χ4v) is 1.52. The van der Waals surface area contributed by atoms with Gasteiger partial charge in [0.2, 0.25) is 0 Å². The van der Waals surface area contributed by atoms with Gasteiger partial charge in [0.1, 0.15) is 22.8 Å². The molecule has 2 aromatic rings. The maximum atomic E-state index is 11.5. The zero-order chi connectivity index (χ0) is 13.1. The number of esters is 1. The van der Waals surface area contributed by atoms with Crippen molar-refractivity contribution in [2.24, 2.45) is 0 Å². The van der Waals surface area contributed by atoms with Gasteiger partial charge >= 0.3 is 5.97 Å². The van der Waals surface area contributed by atoms with E-state index < -0.39 is 5.97 Å². The third-order valence-corrected chi connectivity index (χ3v) is 2.39. The molecule has 18 heavy (non-hydrogen) atoms. The number of carbonyl (C=O) groups is 1. The van der Waals surface area contributed by atoms with Crippen LogP contribution in [-0.4, -0.2) is 22.0 Å². The summed E-state index contributed by atoms with van der Waals surface area (Å²) < 4.78 is 6.31. The number of carbonyl (C=O) groups excluding carboxylic acids is 1. The molecule has 0 saturated heterocycles. The molecule has 0 aliphatic heterocycles. The molecule has 2 aromatic heterocycles. The van der Waals surface area contributed by atoms with Gasteiger partial charge in [-0.3, -0.25) is 9.81 Å². The fraction of sp³-hybridized carbons (Fsp3) is 0.167. The molecular weight excluding hydrogens is 232 g/mol. The van der Waals surface area contributed by atoms with Crippen LogP contribution in [0.5, 0.6) is 0 Å². The third-order valence-electron chi connectivity index (χ3n) is 2.39. The van der Waals surface area contributed by atoms with Gasteiger partial charge in [0.05, 0.1) is 18.4 Å². The number of aromatic nitrogens is 2. The van der Waals surface area contributed by atoms with E-state index in [0.29, 0.717) is 17.8 Å². The zero-order valence-corrected chi connectivity index (χ0v) is 9.67. The van der Waals surface area contributed by atoms with E-state index in [-0.39, 0.29) is 11.1 Å². The number of rotatable bonds is 2. The molecule has 0 unspecified atom stereocenters. The van der Waals surface area contributed by atoms with Crippen molar-refractivity contribution in [1.82, 2.24) is 9.38 Å². The van der Waals surface area contributed by atoms with Crippen LogP contribution in [0.2, 0.25) is 0 Å². The minimum absolute atomic E-state index is 0.0397. The summed E-state index contributed by atoms with van der Waals surface area (Å²) in [6.07, 6.45) is 2.84. The van der Waals surface area contributed by atoms with Gasteiger partial charge in [-0.2, -0.15) is 5.26 Å². The number of hydrogen-bond acceptors (Lipinski definition) is 5. The minimum atomic E-state index is -0.433. The van der Waals surface area contributed by atoms with Crippen molar-refractivity contribution >= 4 is 11.6 Å². The molecule has 0 bridgehead atoms. The number of nitriles is 1. The van der Waals surface area contributed by atoms with Crippen molar-refractivity contribution in [2.45, 2.75) is 6.92 Å². The average Bonchev–Trinajstić information content (AvgIpc) is 2.39. The smallest absolute Gasteiger partial charge is 0.338 e. The van der Waals surface area contributed by atoms with Crippen LogP contribution in [-0.2, 0) is 4.74 Å². The van der Waals surface area contributed by atoms with Crippen LogP contribution < -0.4 is 5.49 Å². The highest BCUT2D eigenvalue weighted by Crippen LogP contribution is 2.05. The van der Waals surface area contributed by atoms with Gasteiger partial charge in [0.15, 0.2) is 0 Å². The molecule has 0 aliphatic rings. The van der Waals surface area contributed by atoms with Crippen LogP contribution in [0.15, 0.2) is 24.5 Å². The summed E-state index contributed by atoms with van der Waals surface area (Å²) in [5, 5.41) is 16.6. The van der Waals surface area contributed by atoms with Crippen molar-refractivity contribution in [3.8, 4) is 6.07 Å². The van der Waals surface area contributed by atoms with Crippen molar-refractivity contribution in [3.05, 3.63) is 41.1 Å². The predicted molar refractivity (Wildman–Crippen MR) is 61.7 cm³/mol. The highest BCUT2D eigenvalue weighted by Gasteiger charge is 2.08. The Morgan fingerprint density at radius 1 is 1.67 bits per heavy atom. The second-order valence-electron chi connectivity index (χ2n) is 3.50. The Morgan fingerprint density at radius 3 is 3.11 bits per heavy atom. The molecule has 0 aliphatic carbocycles. The molecule has 0 atom stereocenters. The predicted octanol–water partition coefficient (Wildman–Crippen LogP) is 0.862. The number of ether oxygens (including phenoxy) is 1. The molecule has 0 amide bonds. The Kier molecular flexibility index (Phi) is 3.06. The highest BCUT2D eigenvalue weighted by atomic mass is 16.5. The first-order valence-corrected chi connectivity index (χ1v) is 5.30. The van der Waals surface area contributed by atoms with Crippen molar-refractivity contribution < 1.29 is 9.53 Å². The molecule has 0 fully saturated rings. The van der Waals surface area contributed by atoms with Crippen molar-refractivity contribution in [3.63, 3.8) is 0 Å². The van der Waals surface area contributed by atoms with Crippen LogP contribution in [0.3, 0.4) is 0 Å². The maximum Gasteiger partial charge on any atom is 0.338 e. The van der Waals surface area contributed by atoms with Gasteiger partial charge in [-0.05, 0) is 19.1 Å². The molecular formula is C12H10N4O2. The summed E-state index contributed by atoms with van der Waals surface area (Å²) in [6, 6.07) is 4.94. The Morgan fingerprint density at radius 2 is 2.44 bits per heavy atom. The number of nitrogens with one attached hydrogen (secondary N) is 1. The lowest BCUT2D eigenvalue weighted by atomic mass is 10.2. The molecule has 1 N–H and O–H groups in total. The van der Waals surface area contributed by atoms with Gasteiger partial charge < -0.3 is 4.74 Å². The lowest BCUT2D eigenvalue weighted by Gasteiger charge is -2.05. The van der Waals surface area contributed by atoms with Crippen molar-refractivity contribution in [1.29, 1.82) is 10.7 Å². The monoisotopic (exact) mass is 242 g/mol. The molecule has 2 heterocycles. The van der Waals surface area contributed by atoms with Gasteiger partial charge in [-0.25, -0.2) is 9.78 Å². The second kappa shape index (κ2) is 4.67. The largest absolute Gasteiger partial charge is 0.462 e. The summed E-state index contributed by atoms with van der Waals surface area (Å²) >= 11 is 0. The molecule has 6 heteroatoms. The fourth-order valence-electron chi connectivity index (χ4n) is 1.52. The van der Waals surface area contributed by atoms with Gasteiger partial charge in [-0.15, -0.1) is 0 Å². The molecule has 90 valence electrons. The standard InChI is InChI=1S/C12H10N4O2/c1-2-18-12(17)8-3-4-16-10(5-8)15-7-9(6-13)11(16)14/h3-5,7,14H,2H2,1H3. The van der Waals surface area contributed by atoms with E-state index in [0.717, 1.165) is 0 Å². The highest BCUT2D eigenvalue weighted by molar-refractivity contribution is 5.90. The summed E-state index contributed by atoms with van der Waals surface area (Å²) in [5.41, 5.74) is 1.01. The Bertz CT molecular complexity index is 712. The van der Waals surface area contributed by atoms with Crippen molar-refractivity contribution in [2.75, 3.05) is 6.61 Å². The molecule has 2 rings (SSSR count). The topological polar surface area (TPSA) is 91.2 Å². The average molecular weight is 242 g/mol. The summed E-state index contributed by atoms with van der Waals surface area (Å²) in [6.45, 7) is 2.03. The number of fused-ring (bicyclic) bond motifs is 1. The van der Waals surface area contributed by atoms with Crippen LogP contribution in [0, 0.1) is 16.7 Å². The summed E-state index contributed by atoms with van der Waals surface area (Å²) in [5.74, 6) is -0.433. The lowest BCUT2D eigenvalue weighted by Crippen LogP contribution is -2.18. The molecule has 0 radical (unpaired) electrons. The number of nitrogens with zero attached hydrogens (tertiary/aromatic N) is 3. The summed E-state index contributed by atoms with van der Waals surface area (Å²) in [4.78, 5) is 15.6. The first kappa shape index (κ1) is 11.8. The maximum absolute atomic E-state index is 11.5. The molecule has 0 aromatic carbocycles. The first-order chi connectivity index (χ1) is 8.67. The minimum Gasteiger partial charge on any atom is -0.462 e. The van der Waals surface area contributed by atoms with Crippen LogP contribution >= 0.6 is 0 Å².